The Morgan fingerprint density at radius 3 is 2.09 bits per heavy atom. The van der Waals surface area contributed by atoms with Crippen LogP contribution < -0.4 is 5.32 Å². The van der Waals surface area contributed by atoms with E-state index in [9.17, 15) is 27.6 Å². The molecular formula is C25H27F3N2O5. The smallest absolute Gasteiger partial charge is 0.407 e. The fourth-order valence-electron chi connectivity index (χ4n) is 4.20. The summed E-state index contributed by atoms with van der Waals surface area (Å²) in [7, 11) is 0. The van der Waals surface area contributed by atoms with Gasteiger partial charge < -0.3 is 20.1 Å². The molecule has 2 aromatic rings. The first-order valence-electron chi connectivity index (χ1n) is 11.2. The average molecular weight is 492 g/mol. The highest BCUT2D eigenvalue weighted by Gasteiger charge is 2.47. The van der Waals surface area contributed by atoms with Gasteiger partial charge in [-0.15, -0.1) is 0 Å². The molecule has 10 heteroatoms. The molecule has 1 aliphatic carbocycles. The van der Waals surface area contributed by atoms with E-state index in [2.05, 4.69) is 0 Å². The molecule has 2 unspecified atom stereocenters. The monoisotopic (exact) mass is 492 g/mol. The molecule has 0 bridgehead atoms. The molecule has 0 radical (unpaired) electrons. The van der Waals surface area contributed by atoms with E-state index in [1.807, 2.05) is 53.8 Å². The summed E-state index contributed by atoms with van der Waals surface area (Å²) in [5, 5.41) is 11.1. The number of hydrogen-bond donors (Lipinski definition) is 2. The first-order valence-corrected chi connectivity index (χ1v) is 11.2. The summed E-state index contributed by atoms with van der Waals surface area (Å²) in [6, 6.07) is 14.5. The van der Waals surface area contributed by atoms with Crippen molar-refractivity contribution in [3.05, 3.63) is 59.7 Å². The second kappa shape index (κ2) is 10.8. The van der Waals surface area contributed by atoms with Crippen LogP contribution in [0.25, 0.3) is 11.1 Å². The molecule has 0 aliphatic heterocycles. The van der Waals surface area contributed by atoms with Gasteiger partial charge in [-0.2, -0.15) is 13.2 Å². The van der Waals surface area contributed by atoms with E-state index in [0.29, 0.717) is 4.90 Å². The van der Waals surface area contributed by atoms with Crippen molar-refractivity contribution in [2.75, 3.05) is 19.7 Å². The Hall–Kier alpha value is -3.56. The van der Waals surface area contributed by atoms with Gasteiger partial charge >= 0.3 is 18.2 Å². The number of alkyl carbamates (subject to hydrolysis) is 1. The van der Waals surface area contributed by atoms with Crippen LogP contribution in [0, 0.1) is 5.92 Å². The predicted octanol–water partition coefficient (Wildman–Crippen LogP) is 4.42. The van der Waals surface area contributed by atoms with Gasteiger partial charge in [0, 0.05) is 18.5 Å². The first kappa shape index (κ1) is 26.1. The number of carbonyl (C=O) groups is 3. The van der Waals surface area contributed by atoms with Gasteiger partial charge in [-0.3, -0.25) is 9.59 Å². The van der Waals surface area contributed by atoms with E-state index in [4.69, 9.17) is 9.84 Å². The van der Waals surface area contributed by atoms with E-state index in [1.165, 1.54) is 6.92 Å². The van der Waals surface area contributed by atoms with E-state index in [-0.39, 0.29) is 18.9 Å². The fourth-order valence-corrected chi connectivity index (χ4v) is 4.20. The average Bonchev–Trinajstić information content (AvgIpc) is 3.13. The Bertz CT molecular complexity index is 1040. The highest BCUT2D eigenvalue weighted by atomic mass is 19.4. The molecular weight excluding hydrogens is 465 g/mol. The summed E-state index contributed by atoms with van der Waals surface area (Å²) in [5.74, 6) is -5.71. The number of rotatable bonds is 9. The van der Waals surface area contributed by atoms with Gasteiger partial charge in [-0.25, -0.2) is 4.79 Å². The van der Waals surface area contributed by atoms with Gasteiger partial charge in [0.2, 0.25) is 5.91 Å². The zero-order valence-corrected chi connectivity index (χ0v) is 19.3. The van der Waals surface area contributed by atoms with E-state index < -0.39 is 49.2 Å². The highest BCUT2D eigenvalue weighted by Crippen LogP contribution is 2.44. The Kier molecular flexibility index (Phi) is 8.03. The van der Waals surface area contributed by atoms with E-state index >= 15 is 0 Å². The minimum absolute atomic E-state index is 0.0947. The van der Waals surface area contributed by atoms with Crippen molar-refractivity contribution >= 4 is 18.0 Å². The second-order valence-electron chi connectivity index (χ2n) is 8.42. The van der Waals surface area contributed by atoms with Crippen LogP contribution in [-0.2, 0) is 14.3 Å². The summed E-state index contributed by atoms with van der Waals surface area (Å²) >= 11 is 0. The molecule has 1 aliphatic rings. The summed E-state index contributed by atoms with van der Waals surface area (Å²) < 4.78 is 46.2. The molecule has 0 aromatic heterocycles. The Morgan fingerprint density at radius 1 is 1.06 bits per heavy atom. The molecule has 2 atom stereocenters. The minimum Gasteiger partial charge on any atom is -0.480 e. The zero-order chi connectivity index (χ0) is 25.8. The third-order valence-corrected chi connectivity index (χ3v) is 6.20. The number of alkyl halides is 3. The maximum Gasteiger partial charge on any atom is 0.407 e. The van der Waals surface area contributed by atoms with Crippen LogP contribution in [0.15, 0.2) is 48.5 Å². The molecule has 0 saturated heterocycles. The minimum atomic E-state index is -4.99. The number of amides is 2. The summed E-state index contributed by atoms with van der Waals surface area (Å²) in [4.78, 5) is 36.7. The lowest BCUT2D eigenvalue weighted by atomic mass is 9.98. The number of ether oxygens (including phenoxy) is 1. The molecule has 0 heterocycles. The number of aliphatic carboxylic acids is 1. The fraction of sp³-hybridized carbons (Fsp3) is 0.400. The van der Waals surface area contributed by atoms with E-state index in [0.717, 1.165) is 22.3 Å². The van der Waals surface area contributed by atoms with Crippen molar-refractivity contribution < 1.29 is 37.4 Å². The van der Waals surface area contributed by atoms with Crippen molar-refractivity contribution in [3.8, 4) is 11.1 Å². The predicted molar refractivity (Wildman–Crippen MR) is 122 cm³/mol. The Balaban J connectivity index is 1.67. The Morgan fingerprint density at radius 2 is 1.60 bits per heavy atom. The van der Waals surface area contributed by atoms with Crippen LogP contribution in [-0.4, -0.2) is 59.9 Å². The molecule has 7 nitrogen and oxygen atoms in total. The molecule has 0 fully saturated rings. The van der Waals surface area contributed by atoms with Gasteiger partial charge in [0.15, 0.2) is 5.92 Å². The second-order valence-corrected chi connectivity index (χ2v) is 8.42. The number of fused-ring (bicyclic) bond motifs is 3. The van der Waals surface area contributed by atoms with Crippen molar-refractivity contribution in [3.63, 3.8) is 0 Å². The molecule has 0 spiro atoms. The van der Waals surface area contributed by atoms with Crippen LogP contribution in [0.2, 0.25) is 0 Å². The van der Waals surface area contributed by atoms with Crippen LogP contribution >= 0.6 is 0 Å². The highest BCUT2D eigenvalue weighted by molar-refractivity contribution is 5.84. The van der Waals surface area contributed by atoms with Crippen LogP contribution in [0.4, 0.5) is 18.0 Å². The topological polar surface area (TPSA) is 95.9 Å². The molecule has 0 saturated carbocycles. The summed E-state index contributed by atoms with van der Waals surface area (Å²) in [5.41, 5.74) is 3.90. The van der Waals surface area contributed by atoms with Gasteiger partial charge in [-0.1, -0.05) is 55.5 Å². The maximum atomic E-state index is 13.7. The third kappa shape index (κ3) is 5.93. The first-order chi connectivity index (χ1) is 16.5. The molecule has 35 heavy (non-hydrogen) atoms. The summed E-state index contributed by atoms with van der Waals surface area (Å²) in [6.07, 6.45) is -5.82. The number of nitrogens with zero attached hydrogens (tertiary/aromatic N) is 1. The largest absolute Gasteiger partial charge is 0.480 e. The Labute approximate surface area is 200 Å². The number of carboxylic acids is 1. The van der Waals surface area contributed by atoms with Crippen molar-refractivity contribution in [2.24, 2.45) is 5.92 Å². The summed E-state index contributed by atoms with van der Waals surface area (Å²) in [6.45, 7) is 1.07. The third-order valence-electron chi connectivity index (χ3n) is 6.20. The van der Waals surface area contributed by atoms with E-state index in [1.54, 1.807) is 6.92 Å². The molecule has 2 amide bonds. The molecule has 3 rings (SSSR count). The normalized spacial score (nSPS) is 14.4. The zero-order valence-electron chi connectivity index (χ0n) is 19.3. The molecule has 2 N–H and O–H groups in total. The molecule has 188 valence electrons. The number of benzene rings is 2. The number of carboxylic acid groups (broad SMARTS) is 1. The van der Waals surface area contributed by atoms with Crippen molar-refractivity contribution in [2.45, 2.75) is 38.4 Å². The van der Waals surface area contributed by atoms with Gasteiger partial charge in [0.25, 0.3) is 0 Å². The number of carbonyl (C=O) groups excluding carboxylic acids is 2. The number of nitrogens with one attached hydrogen (secondary N) is 1. The van der Waals surface area contributed by atoms with Gasteiger partial charge in [-0.05, 0) is 35.6 Å². The standard InChI is InChI=1S/C25H27F3N2O5/c1-3-15(2)30(13-22(31)32)23(33)21(25(26,27)28)12-29-24(34)35-14-20-18-10-6-4-8-16(18)17-9-5-7-11-19(17)20/h4-11,15,20-21H,3,12-14H2,1-2H3,(H,29,34)(H,31,32). The van der Waals surface area contributed by atoms with Crippen molar-refractivity contribution in [1.29, 1.82) is 0 Å². The lowest BCUT2D eigenvalue weighted by molar-refractivity contribution is -0.190. The van der Waals surface area contributed by atoms with Crippen LogP contribution in [0.5, 0.6) is 0 Å². The van der Waals surface area contributed by atoms with Gasteiger partial charge in [0.05, 0.1) is 0 Å². The number of hydrogen-bond acceptors (Lipinski definition) is 4. The number of halogens is 3. The van der Waals surface area contributed by atoms with Crippen LogP contribution in [0.1, 0.15) is 37.3 Å². The lowest BCUT2D eigenvalue weighted by Gasteiger charge is -2.31. The van der Waals surface area contributed by atoms with Crippen molar-refractivity contribution in [1.82, 2.24) is 10.2 Å². The van der Waals surface area contributed by atoms with Crippen LogP contribution in [0.3, 0.4) is 0 Å². The maximum absolute atomic E-state index is 13.7. The molecule has 2 aromatic carbocycles. The lowest BCUT2D eigenvalue weighted by Crippen LogP contribution is -2.51. The van der Waals surface area contributed by atoms with Gasteiger partial charge in [0.1, 0.15) is 13.2 Å². The quantitative estimate of drug-likeness (QED) is 0.541. The SMILES string of the molecule is CCC(C)N(CC(=O)O)C(=O)C(CNC(=O)OCC1c2ccccc2-c2ccccc21)C(F)(F)F.